The van der Waals surface area contributed by atoms with Gasteiger partial charge in [0.1, 0.15) is 11.2 Å². The molecule has 0 aliphatic carbocycles. The van der Waals surface area contributed by atoms with Crippen molar-refractivity contribution in [2.24, 2.45) is 0 Å². The SMILES string of the molecule is FN(Cc1ccccc1)N(Cc1cccc2oc3ccccc3c12)c1ccc(-n2c3ccccc3c3ccc4sc5ccccc5c4c32)cc1. The Morgan fingerprint density at radius 1 is 0.540 bits per heavy atom. The van der Waals surface area contributed by atoms with E-state index in [0.29, 0.717) is 6.54 Å². The zero-order valence-electron chi connectivity index (χ0n) is 27.0. The number of hydrogen-bond donors (Lipinski definition) is 0. The lowest BCUT2D eigenvalue weighted by atomic mass is 10.1. The molecule has 6 heteroatoms. The van der Waals surface area contributed by atoms with Crippen LogP contribution in [0, 0.1) is 0 Å². The Hall–Kier alpha value is -5.95. The standard InChI is InChI=1S/C44H30FN3OS/c45-47(27-29-11-2-1-3-12-29)46(28-30-13-10-19-39-42(30)35-15-5-8-18-38(35)49-39)31-21-23-32(24-22-31)48-37-17-7-4-14-33(37)34-25-26-41-43(44(34)48)36-16-6-9-20-40(36)50-41/h1-26H,27-28H2. The van der Waals surface area contributed by atoms with Crippen LogP contribution >= 0.6 is 11.3 Å². The summed E-state index contributed by atoms with van der Waals surface area (Å²) >= 11 is 1.83. The topological polar surface area (TPSA) is 24.6 Å². The maximum Gasteiger partial charge on any atom is 0.135 e. The predicted molar refractivity (Wildman–Crippen MR) is 207 cm³/mol. The molecule has 0 aliphatic rings. The lowest BCUT2D eigenvalue weighted by Crippen LogP contribution is -2.36. The van der Waals surface area contributed by atoms with Gasteiger partial charge in [-0.1, -0.05) is 108 Å². The highest BCUT2D eigenvalue weighted by atomic mass is 32.1. The van der Waals surface area contributed by atoms with E-state index in [-0.39, 0.29) is 6.54 Å². The van der Waals surface area contributed by atoms with Crippen LogP contribution in [0.5, 0.6) is 0 Å². The van der Waals surface area contributed by atoms with E-state index in [2.05, 4.69) is 89.5 Å². The number of hydrazine groups is 1. The van der Waals surface area contributed by atoms with Crippen molar-refractivity contribution in [2.75, 3.05) is 5.01 Å². The summed E-state index contributed by atoms with van der Waals surface area (Å²) in [4.78, 5) is 0. The highest BCUT2D eigenvalue weighted by molar-refractivity contribution is 7.26. The Labute approximate surface area is 291 Å². The summed E-state index contributed by atoms with van der Waals surface area (Å²) in [5.74, 6) is 0. The molecule has 0 aliphatic heterocycles. The molecule has 0 atom stereocenters. The summed E-state index contributed by atoms with van der Waals surface area (Å²) in [5.41, 5.74) is 7.62. The van der Waals surface area contributed by atoms with Gasteiger partial charge in [0.05, 0.1) is 29.8 Å². The van der Waals surface area contributed by atoms with Crippen molar-refractivity contribution in [3.8, 4) is 5.69 Å². The second-order valence-electron chi connectivity index (χ2n) is 12.7. The van der Waals surface area contributed by atoms with E-state index in [9.17, 15) is 0 Å². The van der Waals surface area contributed by atoms with Crippen molar-refractivity contribution in [1.29, 1.82) is 0 Å². The number of hydrogen-bond acceptors (Lipinski definition) is 4. The minimum absolute atomic E-state index is 0.112. The van der Waals surface area contributed by atoms with E-state index in [0.717, 1.165) is 55.2 Å². The first-order valence-electron chi connectivity index (χ1n) is 16.8. The van der Waals surface area contributed by atoms with E-state index >= 15 is 4.48 Å². The minimum atomic E-state index is 0.112. The Kier molecular flexibility index (Phi) is 6.72. The van der Waals surface area contributed by atoms with Gasteiger partial charge in [-0.25, -0.2) is 0 Å². The molecule has 50 heavy (non-hydrogen) atoms. The van der Waals surface area contributed by atoms with Gasteiger partial charge in [-0.3, -0.25) is 5.01 Å². The first-order valence-corrected chi connectivity index (χ1v) is 17.6. The van der Waals surface area contributed by atoms with Crippen LogP contribution in [0.25, 0.3) is 69.6 Å². The second kappa shape index (κ2) is 11.6. The molecular formula is C44H30FN3OS. The second-order valence-corrected chi connectivity index (χ2v) is 13.8. The molecule has 0 spiro atoms. The van der Waals surface area contributed by atoms with Crippen LogP contribution in [0.2, 0.25) is 0 Å². The number of aromatic nitrogens is 1. The van der Waals surface area contributed by atoms with E-state index in [4.69, 9.17) is 4.42 Å². The number of thiophene rings is 1. The Morgan fingerprint density at radius 2 is 1.26 bits per heavy atom. The lowest BCUT2D eigenvalue weighted by Gasteiger charge is -2.30. The van der Waals surface area contributed by atoms with Gasteiger partial charge >= 0.3 is 0 Å². The highest BCUT2D eigenvalue weighted by Crippen LogP contribution is 2.43. The molecule has 0 saturated carbocycles. The number of halogens is 1. The molecule has 0 saturated heterocycles. The molecule has 10 rings (SSSR count). The number of para-hydroxylation sites is 2. The van der Waals surface area contributed by atoms with Gasteiger partial charge in [0.25, 0.3) is 0 Å². The van der Waals surface area contributed by atoms with Crippen LogP contribution in [-0.2, 0) is 13.1 Å². The summed E-state index contributed by atoms with van der Waals surface area (Å²) in [5, 5.41) is 9.56. The molecule has 7 aromatic carbocycles. The Bertz CT molecular complexity index is 2850. The summed E-state index contributed by atoms with van der Waals surface area (Å²) in [6.45, 7) is 0.432. The largest absolute Gasteiger partial charge is 0.456 e. The summed E-state index contributed by atoms with van der Waals surface area (Å²) in [7, 11) is 0. The average Bonchev–Trinajstić information content (AvgIpc) is 3.84. The van der Waals surface area contributed by atoms with E-state index in [1.165, 1.54) is 36.5 Å². The third kappa shape index (κ3) is 4.60. The Morgan fingerprint density at radius 3 is 2.12 bits per heavy atom. The van der Waals surface area contributed by atoms with Crippen LogP contribution in [0.15, 0.2) is 162 Å². The fourth-order valence-corrected chi connectivity index (χ4v) is 8.67. The van der Waals surface area contributed by atoms with Crippen molar-refractivity contribution in [2.45, 2.75) is 13.1 Å². The van der Waals surface area contributed by atoms with Gasteiger partial charge in [-0.05, 0) is 65.7 Å². The van der Waals surface area contributed by atoms with E-state index in [1.54, 1.807) is 5.01 Å². The monoisotopic (exact) mass is 667 g/mol. The fraction of sp³-hybridized carbons (Fsp3) is 0.0455. The summed E-state index contributed by atoms with van der Waals surface area (Å²) in [6, 6.07) is 53.9. The number of nitrogens with zero attached hydrogens (tertiary/aromatic N) is 3. The molecule has 0 fully saturated rings. The zero-order valence-corrected chi connectivity index (χ0v) is 27.8. The van der Waals surface area contributed by atoms with Crippen molar-refractivity contribution in [3.05, 3.63) is 169 Å². The zero-order chi connectivity index (χ0) is 33.2. The predicted octanol–water partition coefficient (Wildman–Crippen LogP) is 12.4. The van der Waals surface area contributed by atoms with E-state index in [1.807, 2.05) is 84.1 Å². The molecule has 10 aromatic rings. The minimum Gasteiger partial charge on any atom is -0.456 e. The van der Waals surface area contributed by atoms with Crippen molar-refractivity contribution >= 4 is 80.9 Å². The van der Waals surface area contributed by atoms with Crippen LogP contribution < -0.4 is 5.01 Å². The number of benzene rings is 7. The number of furan rings is 1. The quantitative estimate of drug-likeness (QED) is 0.125. The molecule has 0 radical (unpaired) electrons. The van der Waals surface area contributed by atoms with Gasteiger partial charge in [-0.2, -0.15) is 0 Å². The van der Waals surface area contributed by atoms with Crippen molar-refractivity contribution < 1.29 is 8.90 Å². The smallest absolute Gasteiger partial charge is 0.135 e. The molecule has 3 aromatic heterocycles. The number of fused-ring (bicyclic) bond motifs is 10. The summed E-state index contributed by atoms with van der Waals surface area (Å²) in [6.07, 6.45) is 0. The fourth-order valence-electron chi connectivity index (χ4n) is 7.56. The van der Waals surface area contributed by atoms with Crippen LogP contribution in [0.1, 0.15) is 11.1 Å². The first kappa shape index (κ1) is 29.0. The van der Waals surface area contributed by atoms with Crippen LogP contribution in [-0.4, -0.2) is 9.80 Å². The molecule has 3 heterocycles. The molecule has 0 bridgehead atoms. The summed E-state index contributed by atoms with van der Waals surface area (Å²) < 4.78 is 27.7. The van der Waals surface area contributed by atoms with Gasteiger partial charge in [0.15, 0.2) is 0 Å². The van der Waals surface area contributed by atoms with E-state index < -0.39 is 0 Å². The Balaban J connectivity index is 1.12. The third-order valence-electron chi connectivity index (χ3n) is 9.81. The molecular weight excluding hydrogens is 638 g/mol. The molecule has 0 N–H and O–H groups in total. The van der Waals surface area contributed by atoms with Crippen molar-refractivity contribution in [3.63, 3.8) is 0 Å². The van der Waals surface area contributed by atoms with Gasteiger partial charge in [0.2, 0.25) is 0 Å². The molecule has 0 unspecified atom stereocenters. The maximum atomic E-state index is 16.6. The third-order valence-corrected chi connectivity index (χ3v) is 10.9. The van der Waals surface area contributed by atoms with Gasteiger partial charge in [-0.15, -0.1) is 15.8 Å². The normalized spacial score (nSPS) is 12.0. The maximum absolute atomic E-state index is 16.6. The first-order chi connectivity index (χ1) is 24.7. The highest BCUT2D eigenvalue weighted by Gasteiger charge is 2.22. The van der Waals surface area contributed by atoms with Gasteiger partial charge in [0, 0.05) is 47.4 Å². The molecule has 0 amide bonds. The lowest BCUT2D eigenvalue weighted by molar-refractivity contribution is -0.00155. The number of anilines is 1. The molecule has 4 nitrogen and oxygen atoms in total. The number of rotatable bonds is 7. The van der Waals surface area contributed by atoms with Crippen LogP contribution in [0.3, 0.4) is 0 Å². The molecule has 240 valence electrons. The van der Waals surface area contributed by atoms with Gasteiger partial charge < -0.3 is 8.98 Å². The van der Waals surface area contributed by atoms with Crippen LogP contribution in [0.4, 0.5) is 10.2 Å². The average molecular weight is 668 g/mol. The van der Waals surface area contributed by atoms with Crippen molar-refractivity contribution in [1.82, 2.24) is 9.80 Å².